The predicted octanol–water partition coefficient (Wildman–Crippen LogP) is 2.66. The minimum absolute atomic E-state index is 0.156. The van der Waals surface area contributed by atoms with Gasteiger partial charge in [0.1, 0.15) is 5.75 Å². The average molecular weight is 242 g/mol. The van der Waals surface area contributed by atoms with Crippen molar-refractivity contribution in [2.24, 2.45) is 0 Å². The zero-order chi connectivity index (χ0) is 13.1. The number of carbonyl (C=O) groups is 1. The van der Waals surface area contributed by atoms with Crippen molar-refractivity contribution in [3.63, 3.8) is 0 Å². The molecule has 4 nitrogen and oxygen atoms in total. The van der Waals surface area contributed by atoms with E-state index in [1.165, 1.54) is 6.07 Å². The van der Waals surface area contributed by atoms with Crippen molar-refractivity contribution in [3.05, 3.63) is 53.3 Å². The summed E-state index contributed by atoms with van der Waals surface area (Å²) in [6.07, 6.45) is 1.65. The molecule has 1 aromatic heterocycles. The Bertz CT molecular complexity index is 594. The minimum atomic E-state index is -0.196. The van der Waals surface area contributed by atoms with Crippen LogP contribution in [0.25, 0.3) is 0 Å². The summed E-state index contributed by atoms with van der Waals surface area (Å²) in [5, 5.41) is 12.1. The van der Waals surface area contributed by atoms with Crippen LogP contribution in [-0.2, 0) is 0 Å². The second-order valence-corrected chi connectivity index (χ2v) is 4.14. The van der Waals surface area contributed by atoms with E-state index in [2.05, 4.69) is 10.3 Å². The van der Waals surface area contributed by atoms with E-state index in [1.807, 2.05) is 6.92 Å². The molecule has 0 aliphatic heterocycles. The Morgan fingerprint density at radius 3 is 2.67 bits per heavy atom. The van der Waals surface area contributed by atoms with Crippen molar-refractivity contribution in [1.82, 2.24) is 4.98 Å². The third-order valence-electron chi connectivity index (χ3n) is 2.61. The highest BCUT2D eigenvalue weighted by atomic mass is 16.3. The van der Waals surface area contributed by atoms with Crippen molar-refractivity contribution < 1.29 is 9.90 Å². The van der Waals surface area contributed by atoms with E-state index in [4.69, 9.17) is 0 Å². The number of hydrogen-bond acceptors (Lipinski definition) is 3. The van der Waals surface area contributed by atoms with E-state index in [0.717, 1.165) is 11.3 Å². The molecule has 0 saturated heterocycles. The van der Waals surface area contributed by atoms with Gasteiger partial charge in [-0.15, -0.1) is 0 Å². The van der Waals surface area contributed by atoms with E-state index in [1.54, 1.807) is 37.4 Å². The Labute approximate surface area is 105 Å². The average Bonchev–Trinajstić information content (AvgIpc) is 2.28. The van der Waals surface area contributed by atoms with Crippen molar-refractivity contribution >= 4 is 11.6 Å². The predicted molar refractivity (Wildman–Crippen MR) is 69.8 cm³/mol. The Morgan fingerprint density at radius 2 is 2.00 bits per heavy atom. The fourth-order valence-corrected chi connectivity index (χ4v) is 1.72. The molecule has 2 aromatic rings. The molecule has 0 aliphatic rings. The second-order valence-electron chi connectivity index (χ2n) is 4.14. The highest BCUT2D eigenvalue weighted by Gasteiger charge is 2.09. The number of phenolic OH excluding ortho intramolecular Hbond substituents is 1. The number of carbonyl (C=O) groups excluding carboxylic acids is 1. The molecule has 0 bridgehead atoms. The first-order valence-corrected chi connectivity index (χ1v) is 5.60. The van der Waals surface area contributed by atoms with E-state index in [0.29, 0.717) is 11.3 Å². The van der Waals surface area contributed by atoms with Gasteiger partial charge in [-0.05, 0) is 49.7 Å². The zero-order valence-electron chi connectivity index (χ0n) is 10.3. The maximum atomic E-state index is 12.0. The first-order chi connectivity index (χ1) is 8.56. The van der Waals surface area contributed by atoms with Crippen LogP contribution in [0.2, 0.25) is 0 Å². The van der Waals surface area contributed by atoms with Crippen LogP contribution in [0.1, 0.15) is 21.6 Å². The van der Waals surface area contributed by atoms with Crippen LogP contribution in [-0.4, -0.2) is 16.0 Å². The van der Waals surface area contributed by atoms with Crippen LogP contribution >= 0.6 is 0 Å². The number of aromatic nitrogens is 1. The Balaban J connectivity index is 2.22. The molecule has 0 radical (unpaired) electrons. The lowest BCUT2D eigenvalue weighted by atomic mass is 10.1. The monoisotopic (exact) mass is 242 g/mol. The van der Waals surface area contributed by atoms with Gasteiger partial charge >= 0.3 is 0 Å². The number of pyridine rings is 1. The molecular weight excluding hydrogens is 228 g/mol. The summed E-state index contributed by atoms with van der Waals surface area (Å²) in [6, 6.07) is 8.20. The molecule has 1 heterocycles. The smallest absolute Gasteiger partial charge is 0.255 e. The number of benzene rings is 1. The molecule has 0 saturated carbocycles. The van der Waals surface area contributed by atoms with Crippen molar-refractivity contribution in [1.29, 1.82) is 0 Å². The van der Waals surface area contributed by atoms with Crippen molar-refractivity contribution in [2.75, 3.05) is 5.32 Å². The van der Waals surface area contributed by atoms with E-state index < -0.39 is 0 Å². The standard InChI is InChI=1S/C14H14N2O2/c1-9-7-12(17)3-4-13(9)14(18)16-11-5-6-15-10(2)8-11/h3-8,17H,1-2H3,(H,15,16,18). The van der Waals surface area contributed by atoms with E-state index in [-0.39, 0.29) is 11.7 Å². The number of nitrogens with one attached hydrogen (secondary N) is 1. The van der Waals surface area contributed by atoms with Gasteiger partial charge in [-0.2, -0.15) is 0 Å². The van der Waals surface area contributed by atoms with Gasteiger partial charge in [0.15, 0.2) is 0 Å². The third kappa shape index (κ3) is 2.66. The first-order valence-electron chi connectivity index (χ1n) is 5.60. The molecule has 18 heavy (non-hydrogen) atoms. The summed E-state index contributed by atoms with van der Waals surface area (Å²) in [7, 11) is 0. The molecule has 1 amide bonds. The molecule has 0 atom stereocenters. The maximum Gasteiger partial charge on any atom is 0.255 e. The summed E-state index contributed by atoms with van der Waals surface area (Å²) in [5.74, 6) is -0.0399. The van der Waals surface area contributed by atoms with Crippen LogP contribution in [0.4, 0.5) is 5.69 Å². The number of rotatable bonds is 2. The van der Waals surface area contributed by atoms with Gasteiger partial charge in [-0.1, -0.05) is 0 Å². The van der Waals surface area contributed by atoms with Crippen LogP contribution in [0.15, 0.2) is 36.5 Å². The first kappa shape index (κ1) is 12.1. The number of phenols is 1. The lowest BCUT2D eigenvalue weighted by Crippen LogP contribution is -2.13. The lowest BCUT2D eigenvalue weighted by Gasteiger charge is -2.08. The fourth-order valence-electron chi connectivity index (χ4n) is 1.72. The topological polar surface area (TPSA) is 62.2 Å². The van der Waals surface area contributed by atoms with Crippen LogP contribution in [0.5, 0.6) is 5.75 Å². The molecule has 0 fully saturated rings. The summed E-state index contributed by atoms with van der Waals surface area (Å²) in [6.45, 7) is 3.65. The van der Waals surface area contributed by atoms with Crippen LogP contribution in [0.3, 0.4) is 0 Å². The van der Waals surface area contributed by atoms with E-state index in [9.17, 15) is 9.90 Å². The molecule has 4 heteroatoms. The van der Waals surface area contributed by atoms with Crippen molar-refractivity contribution in [2.45, 2.75) is 13.8 Å². The molecule has 2 rings (SSSR count). The molecule has 92 valence electrons. The van der Waals surface area contributed by atoms with Gasteiger partial charge in [-0.3, -0.25) is 9.78 Å². The summed E-state index contributed by atoms with van der Waals surface area (Å²) in [5.41, 5.74) is 2.83. The quantitative estimate of drug-likeness (QED) is 0.851. The van der Waals surface area contributed by atoms with E-state index >= 15 is 0 Å². The largest absolute Gasteiger partial charge is 0.508 e. The normalized spacial score (nSPS) is 10.1. The summed E-state index contributed by atoms with van der Waals surface area (Å²) in [4.78, 5) is 16.1. The van der Waals surface area contributed by atoms with Gasteiger partial charge < -0.3 is 10.4 Å². The number of amides is 1. The Hall–Kier alpha value is -2.36. The molecule has 0 unspecified atom stereocenters. The SMILES string of the molecule is Cc1cc(NC(=O)c2ccc(O)cc2C)ccn1. The molecule has 0 spiro atoms. The highest BCUT2D eigenvalue weighted by Crippen LogP contribution is 2.17. The van der Waals surface area contributed by atoms with Gasteiger partial charge in [0.2, 0.25) is 0 Å². The molecular formula is C14H14N2O2. The number of anilines is 1. The maximum absolute atomic E-state index is 12.0. The van der Waals surface area contributed by atoms with Gasteiger partial charge in [0.25, 0.3) is 5.91 Å². The fraction of sp³-hybridized carbons (Fsp3) is 0.143. The highest BCUT2D eigenvalue weighted by molar-refractivity contribution is 6.05. The second kappa shape index (κ2) is 4.87. The number of aromatic hydroxyl groups is 1. The number of hydrogen-bond donors (Lipinski definition) is 2. The van der Waals surface area contributed by atoms with Crippen LogP contribution < -0.4 is 5.32 Å². The zero-order valence-corrected chi connectivity index (χ0v) is 10.3. The Kier molecular flexibility index (Phi) is 3.28. The van der Waals surface area contributed by atoms with Gasteiger partial charge in [0.05, 0.1) is 0 Å². The minimum Gasteiger partial charge on any atom is -0.508 e. The lowest BCUT2D eigenvalue weighted by molar-refractivity contribution is 0.102. The third-order valence-corrected chi connectivity index (χ3v) is 2.61. The van der Waals surface area contributed by atoms with Gasteiger partial charge in [0, 0.05) is 23.1 Å². The summed E-state index contributed by atoms with van der Waals surface area (Å²) < 4.78 is 0. The molecule has 2 N–H and O–H groups in total. The molecule has 0 aliphatic carbocycles. The van der Waals surface area contributed by atoms with Gasteiger partial charge in [-0.25, -0.2) is 0 Å². The number of aryl methyl sites for hydroxylation is 2. The Morgan fingerprint density at radius 1 is 1.22 bits per heavy atom. The van der Waals surface area contributed by atoms with Crippen LogP contribution in [0, 0.1) is 13.8 Å². The van der Waals surface area contributed by atoms with Crippen molar-refractivity contribution in [3.8, 4) is 5.75 Å². The number of nitrogens with zero attached hydrogens (tertiary/aromatic N) is 1. The molecule has 1 aromatic carbocycles. The summed E-state index contributed by atoms with van der Waals surface area (Å²) >= 11 is 0.